The molecule has 9 heteroatoms. The molecule has 118 valence electrons. The molecule has 0 fully saturated rings. The van der Waals surface area contributed by atoms with Gasteiger partial charge in [-0.3, -0.25) is 0 Å². The van der Waals surface area contributed by atoms with Gasteiger partial charge in [0.1, 0.15) is 6.33 Å². The summed E-state index contributed by atoms with van der Waals surface area (Å²) in [6.07, 6.45) is 2.93. The third kappa shape index (κ3) is 6.86. The summed E-state index contributed by atoms with van der Waals surface area (Å²) in [6.45, 7) is 3.63. The number of alkyl halides is 6. The molecule has 0 aliphatic rings. The molecule has 0 aliphatic carbocycles. The van der Waals surface area contributed by atoms with Crippen LogP contribution in [0.1, 0.15) is 17.2 Å². The summed E-state index contributed by atoms with van der Waals surface area (Å²) in [4.78, 5) is 11.0. The number of benzene rings is 1. The normalized spacial score (nSPS) is 11.4. The summed E-state index contributed by atoms with van der Waals surface area (Å²) >= 11 is 33.2. The number of rotatable bonds is 1. The van der Waals surface area contributed by atoms with Gasteiger partial charge in [-0.2, -0.15) is 0 Å². The van der Waals surface area contributed by atoms with Gasteiger partial charge in [0, 0.05) is 0 Å². The van der Waals surface area contributed by atoms with E-state index >= 15 is 0 Å². The first-order valence-corrected chi connectivity index (χ1v) is 7.92. The summed E-state index contributed by atoms with van der Waals surface area (Å²) in [5.41, 5.74) is 1.17. The lowest BCUT2D eigenvalue weighted by Gasteiger charge is -2.12. The summed E-state index contributed by atoms with van der Waals surface area (Å²) in [5.74, 6) is -0.197. The Labute approximate surface area is 158 Å². The van der Waals surface area contributed by atoms with Gasteiger partial charge in [-0.05, 0) is 5.56 Å². The number of aromatic nitrogens is 3. The van der Waals surface area contributed by atoms with Crippen molar-refractivity contribution in [1.82, 2.24) is 15.0 Å². The van der Waals surface area contributed by atoms with Crippen LogP contribution in [-0.2, 0) is 7.59 Å². The van der Waals surface area contributed by atoms with Gasteiger partial charge in [0.15, 0.2) is 11.6 Å². The van der Waals surface area contributed by atoms with E-state index in [1.54, 1.807) is 0 Å². The lowest BCUT2D eigenvalue weighted by Crippen LogP contribution is -2.14. The van der Waals surface area contributed by atoms with Gasteiger partial charge in [-0.25, -0.2) is 15.0 Å². The van der Waals surface area contributed by atoms with E-state index in [4.69, 9.17) is 69.6 Å². The Morgan fingerprint density at radius 3 is 1.59 bits per heavy atom. The fourth-order valence-corrected chi connectivity index (χ4v) is 1.70. The van der Waals surface area contributed by atoms with Crippen LogP contribution in [0.25, 0.3) is 6.08 Å². The fraction of sp³-hybridized carbons (Fsp3) is 0.154. The molecule has 0 atom stereocenters. The lowest BCUT2D eigenvalue weighted by atomic mass is 10.2. The maximum absolute atomic E-state index is 5.53. The molecule has 0 bridgehead atoms. The van der Waals surface area contributed by atoms with Crippen LogP contribution in [0.4, 0.5) is 0 Å². The zero-order valence-electron chi connectivity index (χ0n) is 10.9. The van der Waals surface area contributed by atoms with E-state index in [-0.39, 0.29) is 11.6 Å². The van der Waals surface area contributed by atoms with Crippen molar-refractivity contribution in [2.24, 2.45) is 0 Å². The van der Waals surface area contributed by atoms with Gasteiger partial charge < -0.3 is 0 Å². The highest BCUT2D eigenvalue weighted by molar-refractivity contribution is 6.67. The topological polar surface area (TPSA) is 38.7 Å². The van der Waals surface area contributed by atoms with E-state index in [0.29, 0.717) is 0 Å². The predicted molar refractivity (Wildman–Crippen MR) is 94.8 cm³/mol. The minimum atomic E-state index is -1.77. The van der Waals surface area contributed by atoms with E-state index < -0.39 is 7.59 Å². The van der Waals surface area contributed by atoms with Crippen molar-refractivity contribution in [1.29, 1.82) is 0 Å². The Hall–Kier alpha value is -0.290. The maximum Gasteiger partial charge on any atom is 0.250 e. The minimum absolute atomic E-state index is 0.0983. The van der Waals surface area contributed by atoms with Crippen LogP contribution in [0.2, 0.25) is 0 Å². The summed E-state index contributed by atoms with van der Waals surface area (Å²) in [7, 11) is 0. The second kappa shape index (κ2) is 8.53. The molecular formula is C13H9Cl6N3. The van der Waals surface area contributed by atoms with Crippen molar-refractivity contribution in [2.75, 3.05) is 0 Å². The van der Waals surface area contributed by atoms with Crippen LogP contribution >= 0.6 is 69.6 Å². The molecule has 0 saturated carbocycles. The molecule has 0 aliphatic heterocycles. The van der Waals surface area contributed by atoms with Gasteiger partial charge in [0.05, 0.1) is 0 Å². The Balaban J connectivity index is 0.000000255. The first kappa shape index (κ1) is 19.8. The van der Waals surface area contributed by atoms with Crippen LogP contribution in [-0.4, -0.2) is 15.0 Å². The average molecular weight is 420 g/mol. The first-order chi connectivity index (χ1) is 10.1. The van der Waals surface area contributed by atoms with E-state index in [1.807, 2.05) is 36.4 Å². The number of hydrogen-bond donors (Lipinski definition) is 0. The van der Waals surface area contributed by atoms with Gasteiger partial charge in [0.25, 0.3) is 0 Å². The Bertz CT molecular complexity index is 578. The van der Waals surface area contributed by atoms with Gasteiger partial charge in [0.2, 0.25) is 7.59 Å². The van der Waals surface area contributed by atoms with E-state index in [2.05, 4.69) is 21.5 Å². The monoisotopic (exact) mass is 417 g/mol. The van der Waals surface area contributed by atoms with Crippen LogP contribution in [0, 0.1) is 0 Å². The van der Waals surface area contributed by atoms with Gasteiger partial charge >= 0.3 is 0 Å². The Morgan fingerprint density at radius 1 is 0.818 bits per heavy atom. The Kier molecular flexibility index (Phi) is 7.66. The highest BCUT2D eigenvalue weighted by Crippen LogP contribution is 2.39. The second-order valence-electron chi connectivity index (χ2n) is 3.74. The maximum atomic E-state index is 5.53. The molecule has 2 rings (SSSR count). The van der Waals surface area contributed by atoms with Crippen molar-refractivity contribution in [2.45, 2.75) is 7.59 Å². The summed E-state index contributed by atoms with van der Waals surface area (Å²) in [5, 5.41) is 0. The summed E-state index contributed by atoms with van der Waals surface area (Å²) in [6, 6.07) is 10.0. The standard InChI is InChI=1S/C8H8.C5HCl6N3/c1-2-8-6-4-3-5-7-8;6-4(7,8)2-12-1-13-3(14-2)5(9,10)11/h2-7H,1H2;1H. The van der Waals surface area contributed by atoms with E-state index in [9.17, 15) is 0 Å². The average Bonchev–Trinajstić information content (AvgIpc) is 2.47. The van der Waals surface area contributed by atoms with Crippen molar-refractivity contribution < 1.29 is 0 Å². The summed E-state index contributed by atoms with van der Waals surface area (Å²) < 4.78 is -3.54. The third-order valence-corrected chi connectivity index (χ3v) is 3.13. The highest BCUT2D eigenvalue weighted by atomic mass is 35.6. The zero-order valence-corrected chi connectivity index (χ0v) is 15.4. The lowest BCUT2D eigenvalue weighted by molar-refractivity contribution is 0.844. The van der Waals surface area contributed by atoms with Gasteiger partial charge in [-0.15, -0.1) is 0 Å². The molecule has 2 aromatic rings. The largest absolute Gasteiger partial charge is 0.250 e. The van der Waals surface area contributed by atoms with Crippen LogP contribution in [0.5, 0.6) is 0 Å². The van der Waals surface area contributed by atoms with E-state index in [0.717, 1.165) is 6.33 Å². The molecule has 0 spiro atoms. The molecule has 0 unspecified atom stereocenters. The molecule has 1 aromatic carbocycles. The van der Waals surface area contributed by atoms with E-state index in [1.165, 1.54) is 5.56 Å². The van der Waals surface area contributed by atoms with Crippen LogP contribution in [0.3, 0.4) is 0 Å². The predicted octanol–water partition coefficient (Wildman–Crippen LogP) is 5.85. The molecule has 22 heavy (non-hydrogen) atoms. The quantitative estimate of drug-likeness (QED) is 0.544. The third-order valence-electron chi connectivity index (χ3n) is 2.11. The second-order valence-corrected chi connectivity index (χ2v) is 8.31. The number of hydrogen-bond acceptors (Lipinski definition) is 3. The van der Waals surface area contributed by atoms with Crippen molar-refractivity contribution in [3.05, 3.63) is 60.5 Å². The molecule has 0 N–H and O–H groups in total. The Morgan fingerprint density at radius 2 is 1.27 bits per heavy atom. The highest BCUT2D eigenvalue weighted by Gasteiger charge is 2.32. The van der Waals surface area contributed by atoms with Crippen LogP contribution < -0.4 is 0 Å². The minimum Gasteiger partial charge on any atom is -0.217 e. The molecule has 0 amide bonds. The SMILES string of the molecule is C=Cc1ccccc1.ClC(Cl)(Cl)c1ncnc(C(Cl)(Cl)Cl)n1. The molecule has 3 nitrogen and oxygen atoms in total. The van der Waals surface area contributed by atoms with Crippen molar-refractivity contribution in [3.8, 4) is 0 Å². The molecule has 0 radical (unpaired) electrons. The van der Waals surface area contributed by atoms with Crippen LogP contribution in [0.15, 0.2) is 43.2 Å². The number of halogens is 6. The van der Waals surface area contributed by atoms with Gasteiger partial charge in [-0.1, -0.05) is 113 Å². The molecule has 1 aromatic heterocycles. The van der Waals surface area contributed by atoms with Crippen molar-refractivity contribution in [3.63, 3.8) is 0 Å². The van der Waals surface area contributed by atoms with Crippen molar-refractivity contribution >= 4 is 75.7 Å². The molecule has 0 saturated heterocycles. The molecule has 1 heterocycles. The smallest absolute Gasteiger partial charge is 0.217 e. The first-order valence-electron chi connectivity index (χ1n) is 5.65. The number of nitrogens with zero attached hydrogens (tertiary/aromatic N) is 3. The molecular weight excluding hydrogens is 411 g/mol. The fourth-order valence-electron chi connectivity index (χ4n) is 1.16. The zero-order chi connectivity index (χ0) is 16.8.